The van der Waals surface area contributed by atoms with Gasteiger partial charge in [0.25, 0.3) is 0 Å². The third-order valence-electron chi connectivity index (χ3n) is 2.79. The zero-order valence-corrected chi connectivity index (χ0v) is 9.17. The lowest BCUT2D eigenvalue weighted by Gasteiger charge is -2.36. The van der Waals surface area contributed by atoms with Crippen LogP contribution in [-0.4, -0.2) is 42.5 Å². The van der Waals surface area contributed by atoms with Crippen molar-refractivity contribution in [1.82, 2.24) is 4.98 Å². The highest BCUT2D eigenvalue weighted by Gasteiger charge is 2.22. The topological polar surface area (TPSA) is 71.6 Å². The highest BCUT2D eigenvalue weighted by molar-refractivity contribution is 5.46. The smallest absolute Gasteiger partial charge is 0.0756 e. The molecule has 0 aliphatic carbocycles. The van der Waals surface area contributed by atoms with Gasteiger partial charge in [0.05, 0.1) is 43.4 Å². The molecular formula is C11H17N3O2. The van der Waals surface area contributed by atoms with Crippen LogP contribution in [0.25, 0.3) is 0 Å². The van der Waals surface area contributed by atoms with E-state index in [1.54, 1.807) is 6.20 Å². The number of pyridine rings is 1. The molecule has 0 aromatic carbocycles. The third kappa shape index (κ3) is 2.32. The minimum Gasteiger partial charge on any atom is -0.394 e. The second-order valence-corrected chi connectivity index (χ2v) is 3.82. The summed E-state index contributed by atoms with van der Waals surface area (Å²) >= 11 is 0. The van der Waals surface area contributed by atoms with Gasteiger partial charge in [-0.25, -0.2) is 0 Å². The quantitative estimate of drug-likeness (QED) is 0.738. The van der Waals surface area contributed by atoms with E-state index in [-0.39, 0.29) is 12.6 Å². The van der Waals surface area contributed by atoms with Gasteiger partial charge in [0.15, 0.2) is 0 Å². The maximum atomic E-state index is 9.26. The summed E-state index contributed by atoms with van der Waals surface area (Å²) in [5.74, 6) is 0. The van der Waals surface area contributed by atoms with Crippen LogP contribution in [-0.2, 0) is 11.3 Å². The third-order valence-corrected chi connectivity index (χ3v) is 2.79. The SMILES string of the molecule is NCc1ccc(N2CCOCC2CO)cn1. The molecule has 88 valence electrons. The molecule has 1 aromatic rings. The molecule has 2 heterocycles. The van der Waals surface area contributed by atoms with Crippen LogP contribution < -0.4 is 10.6 Å². The Labute approximate surface area is 94.8 Å². The molecule has 5 nitrogen and oxygen atoms in total. The van der Waals surface area contributed by atoms with E-state index in [2.05, 4.69) is 9.88 Å². The largest absolute Gasteiger partial charge is 0.394 e. The molecule has 1 atom stereocenters. The second-order valence-electron chi connectivity index (χ2n) is 3.82. The van der Waals surface area contributed by atoms with E-state index in [0.29, 0.717) is 19.8 Å². The predicted octanol–water partition coefficient (Wildman–Crippen LogP) is -0.262. The Bertz CT molecular complexity index is 329. The van der Waals surface area contributed by atoms with Gasteiger partial charge in [-0.1, -0.05) is 0 Å². The lowest BCUT2D eigenvalue weighted by Crippen LogP contribution is -2.47. The fourth-order valence-corrected chi connectivity index (χ4v) is 1.85. The highest BCUT2D eigenvalue weighted by Crippen LogP contribution is 2.18. The van der Waals surface area contributed by atoms with Crippen molar-refractivity contribution in [3.63, 3.8) is 0 Å². The number of rotatable bonds is 3. The number of morpholine rings is 1. The van der Waals surface area contributed by atoms with Gasteiger partial charge in [0.2, 0.25) is 0 Å². The van der Waals surface area contributed by atoms with Gasteiger partial charge >= 0.3 is 0 Å². The van der Waals surface area contributed by atoms with Gasteiger partial charge in [-0.05, 0) is 12.1 Å². The number of hydrogen-bond donors (Lipinski definition) is 2. The summed E-state index contributed by atoms with van der Waals surface area (Å²) < 4.78 is 5.33. The molecular weight excluding hydrogens is 206 g/mol. The number of anilines is 1. The second kappa shape index (κ2) is 5.25. The van der Waals surface area contributed by atoms with Crippen LogP contribution in [0.2, 0.25) is 0 Å². The Hall–Kier alpha value is -1.17. The first kappa shape index (κ1) is 11.3. The molecule has 1 unspecified atom stereocenters. The predicted molar refractivity (Wildman–Crippen MR) is 61.2 cm³/mol. The Morgan fingerprint density at radius 1 is 1.56 bits per heavy atom. The van der Waals surface area contributed by atoms with Crippen molar-refractivity contribution < 1.29 is 9.84 Å². The molecule has 3 N–H and O–H groups in total. The number of nitrogens with zero attached hydrogens (tertiary/aromatic N) is 2. The first-order valence-corrected chi connectivity index (χ1v) is 5.45. The van der Waals surface area contributed by atoms with E-state index in [1.165, 1.54) is 0 Å². The van der Waals surface area contributed by atoms with Gasteiger partial charge in [-0.3, -0.25) is 4.98 Å². The molecule has 2 rings (SSSR count). The van der Waals surface area contributed by atoms with Crippen molar-refractivity contribution >= 4 is 5.69 Å². The Morgan fingerprint density at radius 2 is 2.44 bits per heavy atom. The lowest BCUT2D eigenvalue weighted by atomic mass is 10.2. The van der Waals surface area contributed by atoms with E-state index in [4.69, 9.17) is 10.5 Å². The Balaban J connectivity index is 2.14. The Morgan fingerprint density at radius 3 is 3.06 bits per heavy atom. The van der Waals surface area contributed by atoms with Gasteiger partial charge in [-0.15, -0.1) is 0 Å². The van der Waals surface area contributed by atoms with Gasteiger partial charge in [0, 0.05) is 13.1 Å². The monoisotopic (exact) mass is 223 g/mol. The molecule has 16 heavy (non-hydrogen) atoms. The van der Waals surface area contributed by atoms with Crippen molar-refractivity contribution in [2.75, 3.05) is 31.3 Å². The first-order chi connectivity index (χ1) is 7.85. The van der Waals surface area contributed by atoms with E-state index in [1.807, 2.05) is 12.1 Å². The molecule has 0 amide bonds. The van der Waals surface area contributed by atoms with Crippen LogP contribution in [0.3, 0.4) is 0 Å². The number of aliphatic hydroxyl groups is 1. The maximum absolute atomic E-state index is 9.26. The molecule has 0 radical (unpaired) electrons. The van der Waals surface area contributed by atoms with Crippen LogP contribution in [0.4, 0.5) is 5.69 Å². The van der Waals surface area contributed by atoms with Crippen molar-refractivity contribution in [2.24, 2.45) is 5.73 Å². The van der Waals surface area contributed by atoms with Crippen LogP contribution in [0.1, 0.15) is 5.69 Å². The van der Waals surface area contributed by atoms with Crippen molar-refractivity contribution in [1.29, 1.82) is 0 Å². The average Bonchev–Trinajstić information content (AvgIpc) is 2.39. The van der Waals surface area contributed by atoms with Crippen LogP contribution >= 0.6 is 0 Å². The van der Waals surface area contributed by atoms with E-state index >= 15 is 0 Å². The molecule has 0 saturated carbocycles. The summed E-state index contributed by atoms with van der Waals surface area (Å²) in [7, 11) is 0. The molecule has 5 heteroatoms. The van der Waals surface area contributed by atoms with Gasteiger partial charge in [-0.2, -0.15) is 0 Å². The summed E-state index contributed by atoms with van der Waals surface area (Å²) in [4.78, 5) is 6.37. The summed E-state index contributed by atoms with van der Waals surface area (Å²) in [6.07, 6.45) is 1.80. The molecule has 0 spiro atoms. The number of hydrogen-bond acceptors (Lipinski definition) is 5. The summed E-state index contributed by atoms with van der Waals surface area (Å²) in [5, 5.41) is 9.26. The van der Waals surface area contributed by atoms with Gasteiger partial charge < -0.3 is 20.5 Å². The minimum atomic E-state index is 0.0271. The number of aromatic nitrogens is 1. The average molecular weight is 223 g/mol. The summed E-state index contributed by atoms with van der Waals surface area (Å²) in [5.41, 5.74) is 7.38. The zero-order valence-electron chi connectivity index (χ0n) is 9.17. The normalized spacial score (nSPS) is 21.1. The van der Waals surface area contributed by atoms with E-state index < -0.39 is 0 Å². The van der Waals surface area contributed by atoms with E-state index in [9.17, 15) is 5.11 Å². The Kier molecular flexibility index (Phi) is 3.71. The number of aliphatic hydroxyl groups excluding tert-OH is 1. The molecule has 1 fully saturated rings. The molecule has 0 bridgehead atoms. The number of ether oxygens (including phenoxy) is 1. The number of nitrogens with two attached hydrogens (primary N) is 1. The molecule has 1 aliphatic rings. The maximum Gasteiger partial charge on any atom is 0.0756 e. The van der Waals surface area contributed by atoms with Crippen LogP contribution in [0, 0.1) is 0 Å². The van der Waals surface area contributed by atoms with Crippen molar-refractivity contribution in [3.05, 3.63) is 24.0 Å². The highest BCUT2D eigenvalue weighted by atomic mass is 16.5. The standard InChI is InChI=1S/C11H17N3O2/c12-5-9-1-2-10(6-13-9)14-3-4-16-8-11(14)7-15/h1-2,6,11,15H,3-5,7-8,12H2. The minimum absolute atomic E-state index is 0.0271. The first-order valence-electron chi connectivity index (χ1n) is 5.45. The van der Waals surface area contributed by atoms with Crippen LogP contribution in [0.15, 0.2) is 18.3 Å². The van der Waals surface area contributed by atoms with Crippen molar-refractivity contribution in [3.8, 4) is 0 Å². The lowest BCUT2D eigenvalue weighted by molar-refractivity contribution is 0.0727. The molecule has 1 saturated heterocycles. The fraction of sp³-hybridized carbons (Fsp3) is 0.545. The van der Waals surface area contributed by atoms with E-state index in [0.717, 1.165) is 17.9 Å². The zero-order chi connectivity index (χ0) is 11.4. The fourth-order valence-electron chi connectivity index (χ4n) is 1.85. The summed E-state index contributed by atoms with van der Waals surface area (Å²) in [6, 6.07) is 3.93. The van der Waals surface area contributed by atoms with Crippen molar-refractivity contribution in [2.45, 2.75) is 12.6 Å². The molecule has 1 aliphatic heterocycles. The van der Waals surface area contributed by atoms with Gasteiger partial charge in [0.1, 0.15) is 0 Å². The summed E-state index contributed by atoms with van der Waals surface area (Å²) in [6.45, 7) is 2.59. The van der Waals surface area contributed by atoms with Crippen LogP contribution in [0.5, 0.6) is 0 Å². The molecule has 1 aromatic heterocycles.